The monoisotopic (exact) mass is 467 g/mol. The molecule has 2 heterocycles. The Bertz CT molecular complexity index is 1270. The van der Waals surface area contributed by atoms with Gasteiger partial charge in [-0.25, -0.2) is 4.98 Å². The molecule has 1 aliphatic rings. The van der Waals surface area contributed by atoms with E-state index in [1.165, 1.54) is 11.8 Å². The van der Waals surface area contributed by atoms with Crippen molar-refractivity contribution in [2.45, 2.75) is 44.1 Å². The van der Waals surface area contributed by atoms with Gasteiger partial charge in [0.1, 0.15) is 0 Å². The van der Waals surface area contributed by atoms with Gasteiger partial charge in [-0.05, 0) is 44.0 Å². The summed E-state index contributed by atoms with van der Waals surface area (Å²) in [4.78, 5) is 19.7. The highest BCUT2D eigenvalue weighted by Crippen LogP contribution is 2.31. The lowest BCUT2D eigenvalue weighted by molar-refractivity contribution is -0.129. The second kappa shape index (κ2) is 8.96. The number of benzene rings is 2. The minimum absolute atomic E-state index is 0.0460. The van der Waals surface area contributed by atoms with Gasteiger partial charge < -0.3 is 13.9 Å². The average Bonchev–Trinajstić information content (AvgIpc) is 3.43. The van der Waals surface area contributed by atoms with Crippen molar-refractivity contribution >= 4 is 40.3 Å². The topological polar surface area (TPSA) is 77.0 Å². The molecule has 0 spiro atoms. The van der Waals surface area contributed by atoms with Gasteiger partial charge in [0.2, 0.25) is 17.7 Å². The Labute approximate surface area is 194 Å². The van der Waals surface area contributed by atoms with Gasteiger partial charge in [-0.3, -0.25) is 4.79 Å². The first-order chi connectivity index (χ1) is 15.6. The van der Waals surface area contributed by atoms with Crippen molar-refractivity contribution in [2.75, 3.05) is 5.75 Å². The number of halogens is 1. The van der Waals surface area contributed by atoms with E-state index in [9.17, 15) is 4.79 Å². The number of aryl methyl sites for hydroxylation is 1. The molecule has 4 aromatic rings. The maximum atomic E-state index is 13.1. The average molecular weight is 468 g/mol. The van der Waals surface area contributed by atoms with Crippen LogP contribution in [-0.4, -0.2) is 42.4 Å². The first-order valence-corrected chi connectivity index (χ1v) is 11.9. The third-order valence-electron chi connectivity index (χ3n) is 5.45. The van der Waals surface area contributed by atoms with Crippen molar-refractivity contribution in [1.29, 1.82) is 0 Å². The van der Waals surface area contributed by atoms with Crippen LogP contribution in [0.15, 0.2) is 58.1 Å². The summed E-state index contributed by atoms with van der Waals surface area (Å²) in [6.45, 7) is 3.19. The van der Waals surface area contributed by atoms with Gasteiger partial charge in [0.15, 0.2) is 5.16 Å². The van der Waals surface area contributed by atoms with E-state index in [4.69, 9.17) is 21.0 Å². The van der Waals surface area contributed by atoms with E-state index >= 15 is 0 Å². The third-order valence-corrected chi connectivity index (χ3v) is 6.74. The number of hydrogen-bond acceptors (Lipinski definition) is 6. The molecule has 7 nitrogen and oxygen atoms in total. The van der Waals surface area contributed by atoms with Gasteiger partial charge in [0.25, 0.3) is 0 Å². The van der Waals surface area contributed by atoms with Crippen LogP contribution in [0.4, 0.5) is 0 Å². The fraction of sp³-hybridized carbons (Fsp3) is 0.304. The highest BCUT2D eigenvalue weighted by molar-refractivity contribution is 7.99. The summed E-state index contributed by atoms with van der Waals surface area (Å²) in [6, 6.07) is 15.6. The molecule has 1 saturated carbocycles. The molecule has 0 saturated heterocycles. The Morgan fingerprint density at radius 1 is 1.19 bits per heavy atom. The molecule has 2 aromatic heterocycles. The first-order valence-electron chi connectivity index (χ1n) is 10.6. The van der Waals surface area contributed by atoms with Crippen molar-refractivity contribution < 1.29 is 9.21 Å². The van der Waals surface area contributed by atoms with E-state index in [0.717, 1.165) is 35.6 Å². The molecular formula is C23H22ClN5O2S. The number of imidazole rings is 1. The number of carbonyl (C=O) groups excluding carboxylic acids is 1. The Hall–Kier alpha value is -2.84. The second-order valence-corrected chi connectivity index (χ2v) is 9.00. The van der Waals surface area contributed by atoms with Crippen molar-refractivity contribution in [3.63, 3.8) is 0 Å². The molecule has 2 aromatic carbocycles. The number of hydrogen-bond donors (Lipinski definition) is 0. The van der Waals surface area contributed by atoms with E-state index < -0.39 is 0 Å². The van der Waals surface area contributed by atoms with Gasteiger partial charge >= 0.3 is 0 Å². The van der Waals surface area contributed by atoms with Crippen LogP contribution < -0.4 is 0 Å². The molecule has 164 valence electrons. The second-order valence-electron chi connectivity index (χ2n) is 7.65. The van der Waals surface area contributed by atoms with Gasteiger partial charge in [-0.15, -0.1) is 10.2 Å². The SMILES string of the molecule is CCn1c(SCC(=O)N(Cc2nnc(-c3ccccc3Cl)o2)C2CC2)nc2ccccc21. The molecule has 1 amide bonds. The van der Waals surface area contributed by atoms with Crippen LogP contribution in [0.2, 0.25) is 5.02 Å². The van der Waals surface area contributed by atoms with Crippen molar-refractivity contribution in [1.82, 2.24) is 24.6 Å². The Kier molecular flexibility index (Phi) is 5.89. The summed E-state index contributed by atoms with van der Waals surface area (Å²) >= 11 is 7.71. The predicted octanol–water partition coefficient (Wildman–Crippen LogP) is 5.04. The standard InChI is InChI=1S/C23H22ClN5O2S/c1-2-28-19-10-6-5-9-18(19)25-23(28)32-14-21(30)29(15-11-12-15)13-20-26-27-22(31-20)16-7-3-4-8-17(16)24/h3-10,15H,2,11-14H2,1H3. The fourth-order valence-corrected chi connectivity index (χ4v) is 4.87. The van der Waals surface area contributed by atoms with Gasteiger partial charge in [0.05, 0.1) is 33.9 Å². The third kappa shape index (κ3) is 4.25. The van der Waals surface area contributed by atoms with E-state index in [0.29, 0.717) is 34.7 Å². The zero-order chi connectivity index (χ0) is 22.1. The van der Waals surface area contributed by atoms with Gasteiger partial charge in [-0.2, -0.15) is 0 Å². The number of nitrogens with zero attached hydrogens (tertiary/aromatic N) is 5. The molecule has 0 N–H and O–H groups in total. The van der Waals surface area contributed by atoms with Crippen molar-refractivity contribution in [2.24, 2.45) is 0 Å². The molecule has 5 rings (SSSR count). The first kappa shape index (κ1) is 21.0. The molecular weight excluding hydrogens is 446 g/mol. The van der Waals surface area contributed by atoms with Crippen molar-refractivity contribution in [3.8, 4) is 11.5 Å². The number of rotatable bonds is 8. The van der Waals surface area contributed by atoms with Crippen LogP contribution in [0.3, 0.4) is 0 Å². The molecule has 32 heavy (non-hydrogen) atoms. The normalized spacial score (nSPS) is 13.6. The number of aromatic nitrogens is 4. The molecule has 1 aliphatic carbocycles. The largest absolute Gasteiger partial charge is 0.419 e. The molecule has 0 atom stereocenters. The Morgan fingerprint density at radius 2 is 1.97 bits per heavy atom. The van der Waals surface area contributed by atoms with E-state index in [2.05, 4.69) is 27.8 Å². The van der Waals surface area contributed by atoms with Gasteiger partial charge in [-0.1, -0.05) is 47.6 Å². The zero-order valence-corrected chi connectivity index (χ0v) is 19.1. The lowest BCUT2D eigenvalue weighted by atomic mass is 10.2. The predicted molar refractivity (Wildman–Crippen MR) is 124 cm³/mol. The van der Waals surface area contributed by atoms with Gasteiger partial charge in [0, 0.05) is 12.6 Å². The molecule has 0 aliphatic heterocycles. The number of carbonyl (C=O) groups is 1. The van der Waals surface area contributed by atoms with Crippen LogP contribution in [0.5, 0.6) is 0 Å². The Morgan fingerprint density at radius 3 is 2.75 bits per heavy atom. The molecule has 9 heteroatoms. The zero-order valence-electron chi connectivity index (χ0n) is 17.6. The van der Waals surface area contributed by atoms with E-state index in [1.54, 1.807) is 6.07 Å². The van der Waals surface area contributed by atoms with Crippen LogP contribution >= 0.6 is 23.4 Å². The number of fused-ring (bicyclic) bond motifs is 1. The number of amides is 1. The Balaban J connectivity index is 1.29. The summed E-state index contributed by atoms with van der Waals surface area (Å²) in [5.74, 6) is 1.13. The summed E-state index contributed by atoms with van der Waals surface area (Å²) in [5.41, 5.74) is 2.72. The summed E-state index contributed by atoms with van der Waals surface area (Å²) in [7, 11) is 0. The van der Waals surface area contributed by atoms with Crippen molar-refractivity contribution in [3.05, 3.63) is 59.4 Å². The maximum absolute atomic E-state index is 13.1. The molecule has 0 radical (unpaired) electrons. The molecule has 0 unspecified atom stereocenters. The minimum atomic E-state index is 0.0460. The lowest BCUT2D eigenvalue weighted by Crippen LogP contribution is -2.34. The highest BCUT2D eigenvalue weighted by atomic mass is 35.5. The number of thioether (sulfide) groups is 1. The lowest BCUT2D eigenvalue weighted by Gasteiger charge is -2.20. The minimum Gasteiger partial charge on any atom is -0.419 e. The van der Waals surface area contributed by atoms with Crippen LogP contribution in [-0.2, 0) is 17.9 Å². The quantitative estimate of drug-likeness (QED) is 0.338. The van der Waals surface area contributed by atoms with Crippen LogP contribution in [0.1, 0.15) is 25.7 Å². The van der Waals surface area contributed by atoms with Crippen LogP contribution in [0.25, 0.3) is 22.5 Å². The highest BCUT2D eigenvalue weighted by Gasteiger charge is 2.34. The summed E-state index contributed by atoms with van der Waals surface area (Å²) in [5, 5.41) is 9.68. The molecule has 1 fully saturated rings. The summed E-state index contributed by atoms with van der Waals surface area (Å²) < 4.78 is 7.97. The smallest absolute Gasteiger partial charge is 0.249 e. The maximum Gasteiger partial charge on any atom is 0.249 e. The van der Waals surface area contributed by atoms with E-state index in [-0.39, 0.29) is 11.9 Å². The fourth-order valence-electron chi connectivity index (χ4n) is 3.69. The van der Waals surface area contributed by atoms with Crippen LogP contribution in [0, 0.1) is 0 Å². The van der Waals surface area contributed by atoms with E-state index in [1.807, 2.05) is 41.3 Å². The number of para-hydroxylation sites is 2. The summed E-state index contributed by atoms with van der Waals surface area (Å²) in [6.07, 6.45) is 1.99. The molecule has 0 bridgehead atoms.